The lowest BCUT2D eigenvalue weighted by Crippen LogP contribution is -2.03. The fourth-order valence-corrected chi connectivity index (χ4v) is 2.56. The van der Waals surface area contributed by atoms with Crippen molar-refractivity contribution >= 4 is 5.78 Å². The van der Waals surface area contributed by atoms with E-state index in [0.717, 1.165) is 6.42 Å². The number of hydrogen-bond acceptors (Lipinski definition) is 4. The average molecular weight is 300 g/mol. The van der Waals surface area contributed by atoms with Crippen molar-refractivity contribution in [1.82, 2.24) is 0 Å². The topological polar surface area (TPSA) is 66.8 Å². The maximum absolute atomic E-state index is 12.3. The maximum Gasteiger partial charge on any atom is 0.193 e. The molecule has 0 saturated heterocycles. The van der Waals surface area contributed by atoms with Crippen LogP contribution in [0.15, 0.2) is 36.5 Å². The molecule has 1 aromatic carbocycles. The fourth-order valence-electron chi connectivity index (χ4n) is 2.56. The van der Waals surface area contributed by atoms with Gasteiger partial charge in [0.1, 0.15) is 22.8 Å². The molecule has 1 unspecified atom stereocenters. The number of ether oxygens (including phenoxy) is 1. The van der Waals surface area contributed by atoms with Crippen LogP contribution < -0.4 is 4.74 Å². The Hall–Kier alpha value is -2.49. The van der Waals surface area contributed by atoms with Gasteiger partial charge in [-0.15, -0.1) is 0 Å². The Kier molecular flexibility index (Phi) is 4.71. The lowest BCUT2D eigenvalue weighted by Gasteiger charge is -2.15. The van der Waals surface area contributed by atoms with Gasteiger partial charge in [-0.3, -0.25) is 4.79 Å². The van der Waals surface area contributed by atoms with Crippen molar-refractivity contribution in [2.75, 3.05) is 7.11 Å². The van der Waals surface area contributed by atoms with Gasteiger partial charge in [0.15, 0.2) is 5.78 Å². The normalized spacial score (nSPS) is 17.1. The zero-order valence-corrected chi connectivity index (χ0v) is 13.0. The summed E-state index contributed by atoms with van der Waals surface area (Å²) in [7, 11) is 1.46. The summed E-state index contributed by atoms with van der Waals surface area (Å²) < 4.78 is 5.16. The summed E-state index contributed by atoms with van der Waals surface area (Å²) in [4.78, 5) is 12.3. The molecular formula is C18H20O4. The van der Waals surface area contributed by atoms with Crippen LogP contribution in [-0.4, -0.2) is 23.1 Å². The molecule has 116 valence electrons. The minimum atomic E-state index is -0.424. The Balaban J connectivity index is 2.36. The van der Waals surface area contributed by atoms with Crippen LogP contribution in [0.5, 0.6) is 17.2 Å². The predicted octanol–water partition coefficient (Wildman–Crippen LogP) is 3.59. The zero-order chi connectivity index (χ0) is 16.3. The Bertz CT molecular complexity index is 652. The first-order valence-corrected chi connectivity index (χ1v) is 7.12. The number of rotatable bonds is 4. The molecular weight excluding hydrogens is 280 g/mol. The predicted molar refractivity (Wildman–Crippen MR) is 85.7 cm³/mol. The van der Waals surface area contributed by atoms with E-state index >= 15 is 0 Å². The second-order valence-corrected chi connectivity index (χ2v) is 5.29. The Morgan fingerprint density at radius 3 is 2.36 bits per heavy atom. The quantitative estimate of drug-likeness (QED) is 0.658. The van der Waals surface area contributed by atoms with Crippen LogP contribution in [0.3, 0.4) is 0 Å². The standard InChI is InChI=1S/C18H20O4/c1-11-16(20)15(17(21)12(2)18(11)22-3)14(19)10-9-13-7-5-4-6-8-13/h4-7,9-10,13,20-21H,8H2,1-3H3. The van der Waals surface area contributed by atoms with Gasteiger partial charge in [-0.05, 0) is 32.3 Å². The zero-order valence-electron chi connectivity index (χ0n) is 13.0. The molecule has 0 spiro atoms. The van der Waals surface area contributed by atoms with Gasteiger partial charge in [0.25, 0.3) is 0 Å². The summed E-state index contributed by atoms with van der Waals surface area (Å²) in [5, 5.41) is 20.4. The van der Waals surface area contributed by atoms with Crippen LogP contribution >= 0.6 is 0 Å². The van der Waals surface area contributed by atoms with Crippen LogP contribution in [0.25, 0.3) is 0 Å². The van der Waals surface area contributed by atoms with Crippen LogP contribution in [0.2, 0.25) is 0 Å². The van der Waals surface area contributed by atoms with E-state index in [4.69, 9.17) is 4.74 Å². The van der Waals surface area contributed by atoms with Gasteiger partial charge < -0.3 is 14.9 Å². The van der Waals surface area contributed by atoms with Gasteiger partial charge in [-0.25, -0.2) is 0 Å². The molecule has 2 rings (SSSR count). The minimum Gasteiger partial charge on any atom is -0.507 e. The lowest BCUT2D eigenvalue weighted by molar-refractivity contribution is 0.104. The molecule has 4 heteroatoms. The van der Waals surface area contributed by atoms with E-state index in [-0.39, 0.29) is 23.0 Å². The van der Waals surface area contributed by atoms with Crippen LogP contribution in [-0.2, 0) is 0 Å². The molecule has 22 heavy (non-hydrogen) atoms. The Morgan fingerprint density at radius 2 is 1.86 bits per heavy atom. The molecule has 0 heterocycles. The maximum atomic E-state index is 12.3. The van der Waals surface area contributed by atoms with Crippen molar-refractivity contribution in [3.8, 4) is 17.2 Å². The van der Waals surface area contributed by atoms with Gasteiger partial charge in [0, 0.05) is 11.1 Å². The van der Waals surface area contributed by atoms with Gasteiger partial charge in [0.05, 0.1) is 7.11 Å². The average Bonchev–Trinajstić information content (AvgIpc) is 2.53. The van der Waals surface area contributed by atoms with E-state index in [1.807, 2.05) is 24.3 Å². The number of hydrogen-bond donors (Lipinski definition) is 2. The van der Waals surface area contributed by atoms with Crippen LogP contribution in [0.4, 0.5) is 0 Å². The molecule has 0 radical (unpaired) electrons. The molecule has 1 aliphatic rings. The molecule has 2 N–H and O–H groups in total. The highest BCUT2D eigenvalue weighted by molar-refractivity contribution is 6.09. The molecule has 0 aromatic heterocycles. The van der Waals surface area contributed by atoms with Crippen molar-refractivity contribution < 1.29 is 19.7 Å². The first-order chi connectivity index (χ1) is 10.5. The van der Waals surface area contributed by atoms with Crippen molar-refractivity contribution in [1.29, 1.82) is 0 Å². The second kappa shape index (κ2) is 6.52. The van der Waals surface area contributed by atoms with E-state index in [1.54, 1.807) is 19.9 Å². The Morgan fingerprint density at radius 1 is 1.23 bits per heavy atom. The first kappa shape index (κ1) is 15.9. The molecule has 4 nitrogen and oxygen atoms in total. The third kappa shape index (κ3) is 2.91. The smallest absolute Gasteiger partial charge is 0.193 e. The number of phenols is 2. The lowest BCUT2D eigenvalue weighted by atomic mass is 9.96. The first-order valence-electron chi connectivity index (χ1n) is 7.12. The number of ketones is 1. The van der Waals surface area contributed by atoms with Crippen LogP contribution in [0, 0.1) is 19.8 Å². The summed E-state index contributed by atoms with van der Waals surface area (Å²) in [6.45, 7) is 3.30. The van der Waals surface area contributed by atoms with E-state index in [9.17, 15) is 15.0 Å². The SMILES string of the molecule is COc1c(C)c(O)c(C(=O)C=CC2C=CC=CC2)c(O)c1C. The molecule has 0 aliphatic heterocycles. The second-order valence-electron chi connectivity index (χ2n) is 5.29. The third-order valence-corrected chi connectivity index (χ3v) is 3.82. The van der Waals surface area contributed by atoms with Crippen molar-refractivity contribution in [2.24, 2.45) is 5.92 Å². The van der Waals surface area contributed by atoms with Crippen LogP contribution in [0.1, 0.15) is 27.9 Å². The molecule has 1 atom stereocenters. The summed E-state index contributed by atoms with van der Waals surface area (Å²) >= 11 is 0. The fraction of sp³-hybridized carbons (Fsp3) is 0.278. The van der Waals surface area contributed by atoms with Gasteiger partial charge >= 0.3 is 0 Å². The molecule has 0 bridgehead atoms. The van der Waals surface area contributed by atoms with Crippen molar-refractivity contribution in [3.05, 3.63) is 53.1 Å². The summed E-state index contributed by atoms with van der Waals surface area (Å²) in [5.74, 6) is -0.372. The Labute approximate surface area is 130 Å². The van der Waals surface area contributed by atoms with Gasteiger partial charge in [-0.1, -0.05) is 30.4 Å². The molecule has 1 aromatic rings. The molecule has 1 aliphatic carbocycles. The van der Waals surface area contributed by atoms with Gasteiger partial charge in [0.2, 0.25) is 0 Å². The van der Waals surface area contributed by atoms with E-state index in [2.05, 4.69) is 0 Å². The highest BCUT2D eigenvalue weighted by Gasteiger charge is 2.23. The summed E-state index contributed by atoms with van der Waals surface area (Å²) in [6.07, 6.45) is 11.9. The van der Waals surface area contributed by atoms with E-state index in [1.165, 1.54) is 13.2 Å². The molecule has 0 saturated carbocycles. The third-order valence-electron chi connectivity index (χ3n) is 3.82. The minimum absolute atomic E-state index is 0.0811. The summed E-state index contributed by atoms with van der Waals surface area (Å²) in [6, 6.07) is 0. The number of methoxy groups -OCH3 is 1. The number of allylic oxidation sites excluding steroid dienone is 6. The monoisotopic (exact) mass is 300 g/mol. The highest BCUT2D eigenvalue weighted by atomic mass is 16.5. The van der Waals surface area contributed by atoms with E-state index < -0.39 is 5.78 Å². The van der Waals surface area contributed by atoms with Crippen molar-refractivity contribution in [3.63, 3.8) is 0 Å². The molecule has 0 amide bonds. The number of benzene rings is 1. The van der Waals surface area contributed by atoms with E-state index in [0.29, 0.717) is 16.9 Å². The highest BCUT2D eigenvalue weighted by Crippen LogP contribution is 2.41. The number of carbonyl (C=O) groups excluding carboxylic acids is 1. The van der Waals surface area contributed by atoms with Gasteiger partial charge in [-0.2, -0.15) is 0 Å². The number of phenolic OH excluding ortho intramolecular Hbond substituents is 2. The summed E-state index contributed by atoms with van der Waals surface area (Å²) in [5.41, 5.74) is 0.799. The molecule has 0 fully saturated rings. The van der Waals surface area contributed by atoms with Crippen molar-refractivity contribution in [2.45, 2.75) is 20.3 Å². The number of carbonyl (C=O) groups is 1. The number of aromatic hydroxyl groups is 2. The largest absolute Gasteiger partial charge is 0.507 e.